The molecule has 1 aromatic rings. The van der Waals surface area contributed by atoms with Crippen LogP contribution in [-0.2, 0) is 4.74 Å². The van der Waals surface area contributed by atoms with Gasteiger partial charge in [-0.25, -0.2) is 4.98 Å². The lowest BCUT2D eigenvalue weighted by molar-refractivity contribution is -0.128. The quantitative estimate of drug-likeness (QED) is 0.863. The number of ether oxygens (including phenoxy) is 2. The van der Waals surface area contributed by atoms with Crippen molar-refractivity contribution in [2.75, 3.05) is 26.3 Å². The van der Waals surface area contributed by atoms with E-state index >= 15 is 0 Å². The lowest BCUT2D eigenvalue weighted by atomic mass is 9.80. The van der Waals surface area contributed by atoms with Crippen molar-refractivity contribution in [2.45, 2.75) is 24.9 Å². The van der Waals surface area contributed by atoms with E-state index in [0.29, 0.717) is 18.4 Å². The normalized spacial score (nSPS) is 25.7. The molecule has 3 heterocycles. The highest BCUT2D eigenvalue weighted by atomic mass is 16.5. The Morgan fingerprint density at radius 3 is 3.11 bits per heavy atom. The van der Waals surface area contributed by atoms with Crippen molar-refractivity contribution in [3.8, 4) is 5.88 Å². The molecule has 18 heavy (non-hydrogen) atoms. The topological polar surface area (TPSA) is 56.3 Å². The Balaban J connectivity index is 1.43. The molecule has 0 amide bonds. The zero-order chi connectivity index (χ0) is 12.3. The molecule has 98 valence electrons. The van der Waals surface area contributed by atoms with Crippen LogP contribution in [0.4, 0.5) is 0 Å². The molecule has 1 N–H and O–H groups in total. The monoisotopic (exact) mass is 249 g/mol. The minimum atomic E-state index is 0.134. The molecule has 1 aromatic heterocycles. The number of hydrogen-bond donors (Lipinski definition) is 1. The molecule has 2 fully saturated rings. The van der Waals surface area contributed by atoms with Crippen LogP contribution in [-0.4, -0.2) is 41.9 Å². The Bertz CT molecular complexity index is 381. The molecule has 5 nitrogen and oxygen atoms in total. The lowest BCUT2D eigenvalue weighted by Crippen LogP contribution is -2.63. The maximum absolute atomic E-state index is 5.87. The van der Waals surface area contributed by atoms with Gasteiger partial charge in [-0.1, -0.05) is 0 Å². The molecule has 2 aliphatic heterocycles. The van der Waals surface area contributed by atoms with Crippen LogP contribution in [0.25, 0.3) is 0 Å². The van der Waals surface area contributed by atoms with Crippen molar-refractivity contribution in [1.82, 2.24) is 15.3 Å². The summed E-state index contributed by atoms with van der Waals surface area (Å²) in [6.45, 7) is 3.62. The van der Waals surface area contributed by atoms with Crippen molar-refractivity contribution >= 4 is 0 Å². The fourth-order valence-electron chi connectivity index (χ4n) is 2.72. The molecule has 3 rings (SSSR count). The molecule has 2 aliphatic rings. The molecule has 5 heteroatoms. The first kappa shape index (κ1) is 11.9. The maximum atomic E-state index is 5.87. The van der Waals surface area contributed by atoms with Gasteiger partial charge in [0.05, 0.1) is 18.4 Å². The summed E-state index contributed by atoms with van der Waals surface area (Å²) in [4.78, 5) is 8.08. The van der Waals surface area contributed by atoms with Gasteiger partial charge in [0.1, 0.15) is 0 Å². The van der Waals surface area contributed by atoms with Gasteiger partial charge in [0, 0.05) is 32.1 Å². The minimum Gasteiger partial charge on any atom is -0.477 e. The van der Waals surface area contributed by atoms with Gasteiger partial charge >= 0.3 is 0 Å². The van der Waals surface area contributed by atoms with Crippen LogP contribution in [0.5, 0.6) is 5.88 Å². The molecule has 1 spiro atoms. The van der Waals surface area contributed by atoms with Gasteiger partial charge in [-0.15, -0.1) is 0 Å². The smallest absolute Gasteiger partial charge is 0.232 e. The fourth-order valence-corrected chi connectivity index (χ4v) is 2.72. The second-order valence-electron chi connectivity index (χ2n) is 5.17. The molecular formula is C13H19N3O2. The fraction of sp³-hybridized carbons (Fsp3) is 0.692. The molecule has 0 aromatic carbocycles. The minimum absolute atomic E-state index is 0.134. The molecule has 0 unspecified atom stereocenters. The van der Waals surface area contributed by atoms with E-state index in [4.69, 9.17) is 9.47 Å². The van der Waals surface area contributed by atoms with Gasteiger partial charge in [0.2, 0.25) is 5.88 Å². The van der Waals surface area contributed by atoms with Crippen LogP contribution in [0, 0.1) is 5.92 Å². The summed E-state index contributed by atoms with van der Waals surface area (Å²) in [5.41, 5.74) is 0.134. The van der Waals surface area contributed by atoms with Crippen LogP contribution < -0.4 is 10.1 Å². The Hall–Kier alpha value is -1.20. The summed E-state index contributed by atoms with van der Waals surface area (Å²) in [5, 5.41) is 3.30. The molecule has 0 aliphatic carbocycles. The summed E-state index contributed by atoms with van der Waals surface area (Å²) in [5.74, 6) is 1.32. The molecule has 2 saturated heterocycles. The van der Waals surface area contributed by atoms with Crippen molar-refractivity contribution in [2.24, 2.45) is 5.92 Å². The number of hydrogen-bond acceptors (Lipinski definition) is 5. The van der Waals surface area contributed by atoms with Crippen molar-refractivity contribution in [3.05, 3.63) is 18.6 Å². The van der Waals surface area contributed by atoms with Crippen LogP contribution >= 0.6 is 0 Å². The van der Waals surface area contributed by atoms with E-state index in [9.17, 15) is 0 Å². The highest BCUT2D eigenvalue weighted by Crippen LogP contribution is 2.33. The summed E-state index contributed by atoms with van der Waals surface area (Å²) in [7, 11) is 0. The summed E-state index contributed by atoms with van der Waals surface area (Å²) in [6.07, 6.45) is 8.33. The predicted octanol–water partition coefficient (Wildman–Crippen LogP) is 1.01. The van der Waals surface area contributed by atoms with Gasteiger partial charge < -0.3 is 14.8 Å². The van der Waals surface area contributed by atoms with E-state index in [2.05, 4.69) is 15.3 Å². The van der Waals surface area contributed by atoms with Gasteiger partial charge in [0.15, 0.2) is 0 Å². The Morgan fingerprint density at radius 1 is 1.44 bits per heavy atom. The van der Waals surface area contributed by atoms with E-state index in [1.807, 2.05) is 0 Å². The number of aromatic nitrogens is 2. The first-order valence-electron chi connectivity index (χ1n) is 6.60. The van der Waals surface area contributed by atoms with Crippen molar-refractivity contribution in [1.29, 1.82) is 0 Å². The van der Waals surface area contributed by atoms with Gasteiger partial charge in [-0.3, -0.25) is 4.98 Å². The van der Waals surface area contributed by atoms with E-state index in [-0.39, 0.29) is 5.60 Å². The third-order valence-electron chi connectivity index (χ3n) is 3.80. The third-order valence-corrected chi connectivity index (χ3v) is 3.80. The highest BCUT2D eigenvalue weighted by Gasteiger charge is 2.42. The summed E-state index contributed by atoms with van der Waals surface area (Å²) >= 11 is 0. The van der Waals surface area contributed by atoms with Gasteiger partial charge in [-0.05, 0) is 25.2 Å². The van der Waals surface area contributed by atoms with E-state index in [1.165, 1.54) is 0 Å². The average Bonchev–Trinajstić information content (AvgIpc) is 2.39. The summed E-state index contributed by atoms with van der Waals surface area (Å²) in [6, 6.07) is 0. The van der Waals surface area contributed by atoms with Crippen molar-refractivity contribution < 1.29 is 9.47 Å². The SMILES string of the molecule is c1cnc(OCC[C@H]2CCOC3(CNC3)C2)cn1. The first-order chi connectivity index (χ1) is 8.86. The molecule has 0 bridgehead atoms. The zero-order valence-corrected chi connectivity index (χ0v) is 10.5. The number of nitrogens with zero attached hydrogens (tertiary/aromatic N) is 2. The summed E-state index contributed by atoms with van der Waals surface area (Å²) < 4.78 is 11.5. The zero-order valence-electron chi connectivity index (χ0n) is 10.5. The Kier molecular flexibility index (Phi) is 3.43. The van der Waals surface area contributed by atoms with Gasteiger partial charge in [0.25, 0.3) is 0 Å². The van der Waals surface area contributed by atoms with Crippen LogP contribution in [0.1, 0.15) is 19.3 Å². The largest absolute Gasteiger partial charge is 0.477 e. The Morgan fingerprint density at radius 2 is 2.39 bits per heavy atom. The third kappa shape index (κ3) is 2.62. The predicted molar refractivity (Wildman–Crippen MR) is 66.4 cm³/mol. The van der Waals surface area contributed by atoms with Crippen LogP contribution in [0.15, 0.2) is 18.6 Å². The lowest BCUT2D eigenvalue weighted by Gasteiger charge is -2.47. The standard InChI is InChI=1S/C13H19N3O2/c1(5-17-12-8-14-3-4-16-12)11-2-6-18-13(7-11)9-15-10-13/h3-4,8,11,15H,1-2,5-7,9-10H2/t11-/m0/s1. The van der Waals surface area contributed by atoms with E-state index < -0.39 is 0 Å². The highest BCUT2D eigenvalue weighted by molar-refractivity contribution is 5.01. The van der Waals surface area contributed by atoms with E-state index in [0.717, 1.165) is 39.0 Å². The second-order valence-corrected chi connectivity index (χ2v) is 5.17. The molecule has 1 atom stereocenters. The van der Waals surface area contributed by atoms with Crippen molar-refractivity contribution in [3.63, 3.8) is 0 Å². The van der Waals surface area contributed by atoms with E-state index in [1.54, 1.807) is 18.6 Å². The number of nitrogens with one attached hydrogen (secondary N) is 1. The average molecular weight is 249 g/mol. The number of rotatable bonds is 4. The van der Waals surface area contributed by atoms with Gasteiger partial charge in [-0.2, -0.15) is 0 Å². The first-order valence-corrected chi connectivity index (χ1v) is 6.60. The molecule has 0 radical (unpaired) electrons. The Labute approximate surface area is 107 Å². The maximum Gasteiger partial charge on any atom is 0.232 e. The molecular weight excluding hydrogens is 230 g/mol. The van der Waals surface area contributed by atoms with Crippen LogP contribution in [0.3, 0.4) is 0 Å². The van der Waals surface area contributed by atoms with Crippen LogP contribution in [0.2, 0.25) is 0 Å². The molecule has 0 saturated carbocycles. The second kappa shape index (κ2) is 5.20.